The fourth-order valence-corrected chi connectivity index (χ4v) is 8.31. The Morgan fingerprint density at radius 2 is 1.85 bits per heavy atom. The first-order valence-electron chi connectivity index (χ1n) is 12.3. The van der Waals surface area contributed by atoms with Crippen molar-refractivity contribution in [2.75, 3.05) is 12.9 Å². The molecule has 1 amide bonds. The monoisotopic (exact) mass is 486 g/mol. The molecule has 0 radical (unpaired) electrons. The number of nitrogens with one attached hydrogen (secondary N) is 1. The van der Waals surface area contributed by atoms with Crippen LogP contribution in [-0.4, -0.2) is 38.2 Å². The van der Waals surface area contributed by atoms with Crippen molar-refractivity contribution >= 4 is 15.7 Å². The van der Waals surface area contributed by atoms with E-state index in [0.717, 1.165) is 17.8 Å². The Bertz CT molecular complexity index is 1150. The Hall–Kier alpha value is -2.35. The minimum absolute atomic E-state index is 0.00273. The number of hydrogen-bond donors (Lipinski definition) is 1. The third-order valence-corrected chi connectivity index (χ3v) is 9.71. The van der Waals surface area contributed by atoms with E-state index in [1.165, 1.54) is 38.5 Å². The number of aromatic nitrogens is 1. The Balaban J connectivity index is 1.23. The highest BCUT2D eigenvalue weighted by Crippen LogP contribution is 2.61. The summed E-state index contributed by atoms with van der Waals surface area (Å²) in [5.74, 6) is 2.49. The number of oxazole rings is 1. The Morgan fingerprint density at radius 3 is 2.47 bits per heavy atom. The van der Waals surface area contributed by atoms with Gasteiger partial charge >= 0.3 is 0 Å². The first kappa shape index (κ1) is 23.4. The third kappa shape index (κ3) is 4.61. The van der Waals surface area contributed by atoms with Crippen LogP contribution in [0.5, 0.6) is 5.75 Å². The van der Waals surface area contributed by atoms with Crippen LogP contribution in [0.4, 0.5) is 0 Å². The number of nitrogens with zero attached hydrogens (tertiary/aromatic N) is 1. The van der Waals surface area contributed by atoms with Crippen molar-refractivity contribution in [3.63, 3.8) is 0 Å². The summed E-state index contributed by atoms with van der Waals surface area (Å²) in [6.07, 6.45) is 7.50. The maximum atomic E-state index is 12.9. The van der Waals surface area contributed by atoms with Crippen LogP contribution in [0.15, 0.2) is 28.7 Å². The maximum Gasteiger partial charge on any atom is 0.235 e. The summed E-state index contributed by atoms with van der Waals surface area (Å²) in [6.45, 7) is 3.76. The van der Waals surface area contributed by atoms with Crippen molar-refractivity contribution in [2.45, 2.75) is 64.2 Å². The molecule has 7 nitrogen and oxygen atoms in total. The molecule has 2 aromatic rings. The predicted octanol–water partition coefficient (Wildman–Crippen LogP) is 4.29. The lowest BCUT2D eigenvalue weighted by molar-refractivity contribution is -0.123. The molecule has 8 heteroatoms. The summed E-state index contributed by atoms with van der Waals surface area (Å²) in [6, 6.07) is 7.23. The van der Waals surface area contributed by atoms with Gasteiger partial charge in [-0.15, -0.1) is 0 Å². The number of hydrogen-bond acceptors (Lipinski definition) is 6. The second-order valence-corrected chi connectivity index (χ2v) is 12.9. The summed E-state index contributed by atoms with van der Waals surface area (Å²) in [5, 5.41) is 3.06. The molecule has 34 heavy (non-hydrogen) atoms. The zero-order chi connectivity index (χ0) is 24.1. The minimum Gasteiger partial charge on any atom is -0.497 e. The maximum absolute atomic E-state index is 12.9. The van der Waals surface area contributed by atoms with Crippen LogP contribution in [-0.2, 0) is 20.4 Å². The molecule has 4 aliphatic carbocycles. The number of rotatable bonds is 8. The molecule has 4 bridgehead atoms. The molecule has 1 aromatic carbocycles. The summed E-state index contributed by atoms with van der Waals surface area (Å²) >= 11 is 0. The van der Waals surface area contributed by atoms with Crippen LogP contribution in [0.1, 0.15) is 56.9 Å². The summed E-state index contributed by atoms with van der Waals surface area (Å²) in [7, 11) is -2.12. The van der Waals surface area contributed by atoms with Gasteiger partial charge in [0.05, 0.1) is 18.6 Å². The van der Waals surface area contributed by atoms with E-state index in [-0.39, 0.29) is 17.2 Å². The molecule has 0 unspecified atom stereocenters. The number of carbonyl (C=O) groups is 1. The smallest absolute Gasteiger partial charge is 0.235 e. The van der Waals surface area contributed by atoms with E-state index in [1.807, 2.05) is 18.2 Å². The van der Waals surface area contributed by atoms with Gasteiger partial charge in [0.1, 0.15) is 17.3 Å². The predicted molar refractivity (Wildman–Crippen MR) is 129 cm³/mol. The van der Waals surface area contributed by atoms with E-state index in [4.69, 9.17) is 9.15 Å². The lowest BCUT2D eigenvalue weighted by Crippen LogP contribution is -2.56. The molecule has 4 saturated carbocycles. The van der Waals surface area contributed by atoms with Crippen molar-refractivity contribution in [3.8, 4) is 17.2 Å². The Morgan fingerprint density at radius 1 is 1.21 bits per heavy atom. The van der Waals surface area contributed by atoms with Gasteiger partial charge in [-0.2, -0.15) is 0 Å². The summed E-state index contributed by atoms with van der Waals surface area (Å²) in [5.41, 5.74) is 1.18. The van der Waals surface area contributed by atoms with E-state index in [1.54, 1.807) is 20.1 Å². The second-order valence-electron chi connectivity index (χ2n) is 10.9. The van der Waals surface area contributed by atoms with E-state index >= 15 is 0 Å². The lowest BCUT2D eigenvalue weighted by atomic mass is 9.48. The molecule has 0 spiro atoms. The molecule has 1 N–H and O–H groups in total. The number of carbonyl (C=O) groups excluding carboxylic acids is 1. The highest BCUT2D eigenvalue weighted by atomic mass is 32.2. The minimum atomic E-state index is -3.70. The number of methoxy groups -OCH3 is 1. The van der Waals surface area contributed by atoms with Crippen LogP contribution in [0.25, 0.3) is 11.5 Å². The number of benzene rings is 1. The standard InChI is InChI=1S/C26H34N2O5S/c1-16-23(28-25(33-16)21-5-4-6-22(10-21)32-3)14-34(30,31)15-24(29)27-17(2)26-11-18-7-19(12-26)9-20(8-18)13-26/h4-6,10,17-20H,7-9,11-15H2,1-3H3,(H,27,29)/t17-,18?,19?,20?,26?/m0/s1. The first-order chi connectivity index (χ1) is 16.1. The molecule has 1 aromatic heterocycles. The summed E-state index contributed by atoms with van der Waals surface area (Å²) < 4.78 is 36.7. The number of amides is 1. The lowest BCUT2D eigenvalue weighted by Gasteiger charge is -2.59. The Kier molecular flexibility index (Phi) is 5.99. The zero-order valence-electron chi connectivity index (χ0n) is 20.2. The SMILES string of the molecule is COc1cccc(-c2nc(CS(=O)(=O)CC(=O)N[C@@H](C)C34CC5CC(CC(C5)C3)C4)c(C)o2)c1. The molecule has 4 fully saturated rings. The fourth-order valence-electron chi connectivity index (χ4n) is 7.04. The quantitative estimate of drug-likeness (QED) is 0.598. The van der Waals surface area contributed by atoms with Gasteiger partial charge in [-0.1, -0.05) is 6.07 Å². The van der Waals surface area contributed by atoms with Gasteiger partial charge in [0.15, 0.2) is 9.84 Å². The van der Waals surface area contributed by atoms with E-state index < -0.39 is 21.5 Å². The summed E-state index contributed by atoms with van der Waals surface area (Å²) in [4.78, 5) is 17.2. The second kappa shape index (κ2) is 8.70. The van der Waals surface area contributed by atoms with Crippen LogP contribution >= 0.6 is 0 Å². The topological polar surface area (TPSA) is 98.5 Å². The van der Waals surface area contributed by atoms with E-state index in [2.05, 4.69) is 17.2 Å². The van der Waals surface area contributed by atoms with Crippen molar-refractivity contribution in [1.82, 2.24) is 10.3 Å². The number of ether oxygens (including phenoxy) is 1. The average Bonchev–Trinajstić information content (AvgIpc) is 3.11. The highest BCUT2D eigenvalue weighted by Gasteiger charge is 2.53. The van der Waals surface area contributed by atoms with Crippen LogP contribution in [0.3, 0.4) is 0 Å². The fraction of sp³-hybridized carbons (Fsp3) is 0.615. The third-order valence-electron chi connectivity index (χ3n) is 8.30. The number of aryl methyl sites for hydroxylation is 1. The molecule has 1 heterocycles. The molecule has 1 atom stereocenters. The van der Waals surface area contributed by atoms with Gasteiger partial charge < -0.3 is 14.5 Å². The van der Waals surface area contributed by atoms with Crippen LogP contribution < -0.4 is 10.1 Å². The van der Waals surface area contributed by atoms with Gasteiger partial charge in [0.2, 0.25) is 11.8 Å². The van der Waals surface area contributed by atoms with Crippen LogP contribution in [0.2, 0.25) is 0 Å². The van der Waals surface area contributed by atoms with E-state index in [9.17, 15) is 13.2 Å². The highest BCUT2D eigenvalue weighted by molar-refractivity contribution is 7.91. The Labute approximate surface area is 201 Å². The van der Waals surface area contributed by atoms with Crippen molar-refractivity contribution < 1.29 is 22.4 Å². The zero-order valence-corrected chi connectivity index (χ0v) is 21.0. The van der Waals surface area contributed by atoms with Crippen LogP contribution in [0, 0.1) is 30.1 Å². The first-order valence-corrected chi connectivity index (χ1v) is 14.1. The van der Waals surface area contributed by atoms with Gasteiger partial charge in [0, 0.05) is 11.6 Å². The molecular weight excluding hydrogens is 452 g/mol. The van der Waals surface area contributed by atoms with E-state index in [0.29, 0.717) is 28.7 Å². The normalized spacial score (nSPS) is 28.6. The molecule has 6 rings (SSSR count). The van der Waals surface area contributed by atoms with Crippen molar-refractivity contribution in [2.24, 2.45) is 23.2 Å². The molecular formula is C26H34N2O5S. The number of sulfone groups is 1. The van der Waals surface area contributed by atoms with Crippen molar-refractivity contribution in [1.29, 1.82) is 0 Å². The largest absolute Gasteiger partial charge is 0.497 e. The van der Waals surface area contributed by atoms with Gasteiger partial charge in [-0.25, -0.2) is 13.4 Å². The van der Waals surface area contributed by atoms with Gasteiger partial charge in [-0.05, 0) is 93.7 Å². The molecule has 184 valence electrons. The van der Waals surface area contributed by atoms with Crippen molar-refractivity contribution in [3.05, 3.63) is 35.7 Å². The van der Waals surface area contributed by atoms with Gasteiger partial charge in [0.25, 0.3) is 0 Å². The molecule has 0 saturated heterocycles. The molecule has 0 aliphatic heterocycles. The average molecular weight is 487 g/mol. The van der Waals surface area contributed by atoms with Gasteiger partial charge in [-0.3, -0.25) is 4.79 Å². The molecule has 4 aliphatic rings.